The summed E-state index contributed by atoms with van der Waals surface area (Å²) in [5.74, 6) is 0.334. The first-order chi connectivity index (χ1) is 8.56. The highest BCUT2D eigenvalue weighted by Gasteiger charge is 2.22. The molecule has 2 unspecified atom stereocenters. The minimum absolute atomic E-state index is 0.0358. The molecule has 3 nitrogen and oxygen atoms in total. The minimum atomic E-state index is -0.556. The van der Waals surface area contributed by atoms with Crippen molar-refractivity contribution >= 4 is 17.5 Å². The van der Waals surface area contributed by atoms with Crippen molar-refractivity contribution in [1.29, 1.82) is 0 Å². The van der Waals surface area contributed by atoms with E-state index in [1.54, 1.807) is 0 Å². The van der Waals surface area contributed by atoms with Crippen LogP contribution in [0.15, 0.2) is 12.3 Å². The number of halogens is 2. The molecule has 1 fully saturated rings. The lowest BCUT2D eigenvalue weighted by atomic mass is 10.1. The number of hydrogen-bond donors (Lipinski definition) is 1. The van der Waals surface area contributed by atoms with Crippen molar-refractivity contribution < 1.29 is 9.18 Å². The third-order valence-corrected chi connectivity index (χ3v) is 3.71. The average molecular weight is 271 g/mol. The Labute approximate surface area is 111 Å². The zero-order valence-corrected chi connectivity index (χ0v) is 11.0. The summed E-state index contributed by atoms with van der Waals surface area (Å²) in [4.78, 5) is 15.5. The number of aromatic nitrogens is 1. The predicted octanol–water partition coefficient (Wildman–Crippen LogP) is 3.04. The van der Waals surface area contributed by atoms with E-state index in [9.17, 15) is 9.18 Å². The van der Waals surface area contributed by atoms with Crippen molar-refractivity contribution in [1.82, 2.24) is 10.3 Å². The van der Waals surface area contributed by atoms with Crippen LogP contribution in [0.2, 0.25) is 5.15 Å². The molecular formula is C13H16ClFN2O. The fraction of sp³-hybridized carbons (Fsp3) is 0.538. The van der Waals surface area contributed by atoms with Crippen LogP contribution in [-0.2, 0) is 0 Å². The quantitative estimate of drug-likeness (QED) is 0.858. The van der Waals surface area contributed by atoms with Gasteiger partial charge in [0.15, 0.2) is 0 Å². The zero-order valence-electron chi connectivity index (χ0n) is 10.2. The molecule has 1 aliphatic carbocycles. The van der Waals surface area contributed by atoms with Crippen LogP contribution in [-0.4, -0.2) is 17.4 Å². The first kappa shape index (κ1) is 13.3. The van der Waals surface area contributed by atoms with E-state index >= 15 is 0 Å². The maximum atomic E-state index is 13.0. The average Bonchev–Trinajstić information content (AvgIpc) is 2.75. The fourth-order valence-corrected chi connectivity index (χ4v) is 2.61. The second-order valence-electron chi connectivity index (χ2n) is 4.99. The third kappa shape index (κ3) is 3.19. The van der Waals surface area contributed by atoms with Gasteiger partial charge in [0.25, 0.3) is 5.91 Å². The van der Waals surface area contributed by atoms with Gasteiger partial charge in [0.2, 0.25) is 0 Å². The summed E-state index contributed by atoms with van der Waals surface area (Å²) in [5.41, 5.74) is 0.0997. The topological polar surface area (TPSA) is 42.0 Å². The minimum Gasteiger partial charge on any atom is -0.352 e. The number of nitrogens with zero attached hydrogens (tertiary/aromatic N) is 1. The monoisotopic (exact) mass is 270 g/mol. The second kappa shape index (κ2) is 5.65. The molecule has 1 N–H and O–H groups in total. The van der Waals surface area contributed by atoms with E-state index in [0.717, 1.165) is 31.0 Å². The Kier molecular flexibility index (Phi) is 4.17. The summed E-state index contributed by atoms with van der Waals surface area (Å²) >= 11 is 5.77. The maximum Gasteiger partial charge on any atom is 0.254 e. The van der Waals surface area contributed by atoms with Crippen LogP contribution in [0.1, 0.15) is 36.5 Å². The molecule has 18 heavy (non-hydrogen) atoms. The molecule has 2 atom stereocenters. The van der Waals surface area contributed by atoms with Gasteiger partial charge in [-0.05, 0) is 30.7 Å². The standard InChI is InChI=1S/C13H16ClFN2O/c1-8-2-3-9(4-8)6-17-13(18)11-5-10(15)7-16-12(11)14/h5,7-9H,2-4,6H2,1H3,(H,17,18). The number of hydrogen-bond acceptors (Lipinski definition) is 2. The van der Waals surface area contributed by atoms with Crippen molar-refractivity contribution in [2.75, 3.05) is 6.54 Å². The van der Waals surface area contributed by atoms with Crippen molar-refractivity contribution in [3.8, 4) is 0 Å². The Morgan fingerprint density at radius 3 is 3.06 bits per heavy atom. The molecule has 0 aliphatic heterocycles. The first-order valence-corrected chi connectivity index (χ1v) is 6.53. The van der Waals surface area contributed by atoms with Gasteiger partial charge in [0.1, 0.15) is 11.0 Å². The molecule has 1 aromatic heterocycles. The van der Waals surface area contributed by atoms with Gasteiger partial charge in [-0.25, -0.2) is 9.37 Å². The highest BCUT2D eigenvalue weighted by Crippen LogP contribution is 2.29. The number of amides is 1. The SMILES string of the molecule is CC1CCC(CNC(=O)c2cc(F)cnc2Cl)C1. The Bertz CT molecular complexity index is 453. The van der Waals surface area contributed by atoms with Crippen molar-refractivity contribution in [2.45, 2.75) is 26.2 Å². The van der Waals surface area contributed by atoms with E-state index in [-0.39, 0.29) is 16.6 Å². The molecule has 1 heterocycles. The highest BCUT2D eigenvalue weighted by molar-refractivity contribution is 6.32. The van der Waals surface area contributed by atoms with E-state index in [2.05, 4.69) is 17.2 Å². The van der Waals surface area contributed by atoms with Gasteiger partial charge in [0, 0.05) is 6.54 Å². The largest absolute Gasteiger partial charge is 0.352 e. The Morgan fingerprint density at radius 2 is 2.39 bits per heavy atom. The van der Waals surface area contributed by atoms with E-state index in [0.29, 0.717) is 12.5 Å². The van der Waals surface area contributed by atoms with Crippen LogP contribution >= 0.6 is 11.6 Å². The van der Waals surface area contributed by atoms with E-state index in [1.165, 1.54) is 6.42 Å². The summed E-state index contributed by atoms with van der Waals surface area (Å²) in [7, 11) is 0. The zero-order chi connectivity index (χ0) is 13.1. The summed E-state index contributed by atoms with van der Waals surface area (Å²) in [6, 6.07) is 1.11. The summed E-state index contributed by atoms with van der Waals surface area (Å²) in [5, 5.41) is 2.84. The summed E-state index contributed by atoms with van der Waals surface area (Å²) in [6.45, 7) is 2.84. The van der Waals surface area contributed by atoms with Gasteiger partial charge in [-0.15, -0.1) is 0 Å². The van der Waals surface area contributed by atoms with Gasteiger partial charge in [-0.3, -0.25) is 4.79 Å². The Morgan fingerprint density at radius 1 is 1.61 bits per heavy atom. The molecule has 98 valence electrons. The van der Waals surface area contributed by atoms with Gasteiger partial charge in [-0.1, -0.05) is 24.9 Å². The molecular weight excluding hydrogens is 255 g/mol. The first-order valence-electron chi connectivity index (χ1n) is 6.15. The number of rotatable bonds is 3. The van der Waals surface area contributed by atoms with Crippen LogP contribution < -0.4 is 5.32 Å². The number of nitrogens with one attached hydrogen (secondary N) is 1. The normalized spacial score (nSPS) is 23.1. The molecule has 1 aliphatic rings. The molecule has 2 rings (SSSR count). The fourth-order valence-electron chi connectivity index (χ4n) is 2.42. The van der Waals surface area contributed by atoms with E-state index < -0.39 is 5.82 Å². The number of pyridine rings is 1. The maximum absolute atomic E-state index is 13.0. The van der Waals surface area contributed by atoms with Gasteiger partial charge in [0.05, 0.1) is 11.8 Å². The van der Waals surface area contributed by atoms with Gasteiger partial charge >= 0.3 is 0 Å². The van der Waals surface area contributed by atoms with Crippen LogP contribution in [0.5, 0.6) is 0 Å². The van der Waals surface area contributed by atoms with Crippen LogP contribution in [0, 0.1) is 17.7 Å². The molecule has 1 amide bonds. The third-order valence-electron chi connectivity index (χ3n) is 3.41. The predicted molar refractivity (Wildman–Crippen MR) is 68.0 cm³/mol. The van der Waals surface area contributed by atoms with Crippen LogP contribution in [0.25, 0.3) is 0 Å². The molecule has 5 heteroatoms. The van der Waals surface area contributed by atoms with Crippen LogP contribution in [0.3, 0.4) is 0 Å². The lowest BCUT2D eigenvalue weighted by molar-refractivity contribution is 0.0946. The smallest absolute Gasteiger partial charge is 0.254 e. The molecule has 1 aromatic rings. The molecule has 1 saturated carbocycles. The molecule has 0 spiro atoms. The van der Waals surface area contributed by atoms with Crippen LogP contribution in [0.4, 0.5) is 4.39 Å². The number of carbonyl (C=O) groups is 1. The lowest BCUT2D eigenvalue weighted by Gasteiger charge is -2.11. The van der Waals surface area contributed by atoms with Crippen molar-refractivity contribution in [3.63, 3.8) is 0 Å². The Hall–Kier alpha value is -1.16. The molecule has 0 radical (unpaired) electrons. The second-order valence-corrected chi connectivity index (χ2v) is 5.34. The van der Waals surface area contributed by atoms with E-state index in [1.807, 2.05) is 0 Å². The molecule has 0 saturated heterocycles. The summed E-state index contributed by atoms with van der Waals surface area (Å²) in [6.07, 6.45) is 4.48. The number of carbonyl (C=O) groups excluding carboxylic acids is 1. The molecule has 0 aromatic carbocycles. The highest BCUT2D eigenvalue weighted by atomic mass is 35.5. The lowest BCUT2D eigenvalue weighted by Crippen LogP contribution is -2.29. The van der Waals surface area contributed by atoms with Crippen molar-refractivity contribution in [2.24, 2.45) is 11.8 Å². The van der Waals surface area contributed by atoms with Gasteiger partial charge in [-0.2, -0.15) is 0 Å². The van der Waals surface area contributed by atoms with Gasteiger partial charge < -0.3 is 5.32 Å². The Balaban J connectivity index is 1.93. The van der Waals surface area contributed by atoms with Crippen molar-refractivity contribution in [3.05, 3.63) is 28.8 Å². The molecule has 0 bridgehead atoms. The summed E-state index contributed by atoms with van der Waals surface area (Å²) < 4.78 is 13.0. The van der Waals surface area contributed by atoms with E-state index in [4.69, 9.17) is 11.6 Å².